The fourth-order valence-electron chi connectivity index (χ4n) is 2.93. The van der Waals surface area contributed by atoms with Crippen molar-refractivity contribution in [2.45, 2.75) is 37.2 Å². The molecule has 12 heteroatoms. The summed E-state index contributed by atoms with van der Waals surface area (Å²) in [6.07, 6.45) is 0.0883. The molecule has 0 unspecified atom stereocenters. The minimum Gasteiger partial charge on any atom is -0.467 e. The number of para-hydroxylation sites is 1. The number of hydrogen-bond donors (Lipinski definition) is 2. The number of nitro benzene ring substituents is 1. The van der Waals surface area contributed by atoms with Crippen molar-refractivity contribution in [2.75, 3.05) is 7.11 Å². The molecule has 0 spiro atoms. The summed E-state index contributed by atoms with van der Waals surface area (Å²) in [7, 11) is -3.23. The van der Waals surface area contributed by atoms with E-state index in [2.05, 4.69) is 10.0 Å². The first kappa shape index (κ1) is 25.2. The van der Waals surface area contributed by atoms with E-state index in [0.29, 0.717) is 5.02 Å². The smallest absolute Gasteiger partial charge is 0.328 e. The van der Waals surface area contributed by atoms with Crippen LogP contribution in [-0.2, 0) is 30.8 Å². The average molecular weight is 484 g/mol. The number of nitro groups is 1. The summed E-state index contributed by atoms with van der Waals surface area (Å²) in [5, 5.41) is 14.1. The van der Waals surface area contributed by atoms with Gasteiger partial charge in [-0.2, -0.15) is 4.72 Å². The van der Waals surface area contributed by atoms with Crippen LogP contribution in [0.4, 0.5) is 5.69 Å². The number of benzene rings is 2. The lowest BCUT2D eigenvalue weighted by Gasteiger charge is -2.21. The molecule has 0 saturated carbocycles. The van der Waals surface area contributed by atoms with E-state index >= 15 is 0 Å². The molecule has 2 aromatic carbocycles. The minimum atomic E-state index is -4.40. The number of nitrogens with one attached hydrogen (secondary N) is 2. The second-order valence-electron chi connectivity index (χ2n) is 6.93. The maximum absolute atomic E-state index is 12.6. The van der Waals surface area contributed by atoms with Gasteiger partial charge in [-0.1, -0.05) is 29.8 Å². The second kappa shape index (κ2) is 10.5. The summed E-state index contributed by atoms with van der Waals surface area (Å²) < 4.78 is 32.1. The molecule has 0 saturated heterocycles. The SMILES string of the molecule is COC(=O)[C@H](Cc1ccc(Cl)cc1C)NC(=O)[C@H](C)NS(=O)(=O)c1ccccc1[N+](=O)[O-]. The summed E-state index contributed by atoms with van der Waals surface area (Å²) in [5.74, 6) is -1.53. The van der Waals surface area contributed by atoms with Crippen molar-refractivity contribution in [3.05, 3.63) is 68.7 Å². The molecule has 0 aliphatic rings. The molecule has 0 aliphatic heterocycles. The Kier molecular flexibility index (Phi) is 8.31. The fourth-order valence-corrected chi connectivity index (χ4v) is 4.53. The lowest BCUT2D eigenvalue weighted by atomic mass is 10.0. The molecule has 172 valence electrons. The first-order chi connectivity index (χ1) is 15.0. The fraction of sp³-hybridized carbons (Fsp3) is 0.300. The predicted molar refractivity (Wildman–Crippen MR) is 117 cm³/mol. The topological polar surface area (TPSA) is 145 Å². The first-order valence-electron chi connectivity index (χ1n) is 9.35. The number of amides is 1. The molecule has 2 atom stereocenters. The predicted octanol–water partition coefficient (Wildman–Crippen LogP) is 2.12. The minimum absolute atomic E-state index is 0.0883. The number of aryl methyl sites for hydroxylation is 1. The van der Waals surface area contributed by atoms with Crippen molar-refractivity contribution in [1.29, 1.82) is 0 Å². The van der Waals surface area contributed by atoms with Crippen molar-refractivity contribution < 1.29 is 27.7 Å². The molecule has 32 heavy (non-hydrogen) atoms. The molecule has 2 N–H and O–H groups in total. The monoisotopic (exact) mass is 483 g/mol. The van der Waals surface area contributed by atoms with Crippen molar-refractivity contribution in [2.24, 2.45) is 0 Å². The van der Waals surface area contributed by atoms with Crippen LogP contribution in [-0.4, -0.2) is 44.4 Å². The maximum Gasteiger partial charge on any atom is 0.328 e. The van der Waals surface area contributed by atoms with E-state index in [1.54, 1.807) is 25.1 Å². The highest BCUT2D eigenvalue weighted by molar-refractivity contribution is 7.89. The zero-order valence-electron chi connectivity index (χ0n) is 17.5. The Bertz CT molecular complexity index is 1140. The van der Waals surface area contributed by atoms with Gasteiger partial charge >= 0.3 is 5.97 Å². The van der Waals surface area contributed by atoms with Crippen LogP contribution in [0, 0.1) is 17.0 Å². The number of methoxy groups -OCH3 is 1. The molecule has 0 aliphatic carbocycles. The summed E-state index contributed by atoms with van der Waals surface area (Å²) in [4.78, 5) is 34.6. The Morgan fingerprint density at radius 3 is 2.47 bits per heavy atom. The Morgan fingerprint density at radius 2 is 1.88 bits per heavy atom. The van der Waals surface area contributed by atoms with Gasteiger partial charge in [0.1, 0.15) is 6.04 Å². The van der Waals surface area contributed by atoms with Crippen LogP contribution >= 0.6 is 11.6 Å². The summed E-state index contributed by atoms with van der Waals surface area (Å²) >= 11 is 5.94. The molecular formula is C20H22ClN3O7S. The van der Waals surface area contributed by atoms with Gasteiger partial charge < -0.3 is 10.1 Å². The van der Waals surface area contributed by atoms with Crippen molar-refractivity contribution in [1.82, 2.24) is 10.0 Å². The van der Waals surface area contributed by atoms with Gasteiger partial charge in [0.05, 0.1) is 18.1 Å². The molecule has 10 nitrogen and oxygen atoms in total. The zero-order chi connectivity index (χ0) is 24.1. The summed E-state index contributed by atoms with van der Waals surface area (Å²) in [6, 6.07) is 7.39. The Morgan fingerprint density at radius 1 is 1.22 bits per heavy atom. The molecule has 0 bridgehead atoms. The van der Waals surface area contributed by atoms with Gasteiger partial charge in [-0.15, -0.1) is 0 Å². The highest BCUT2D eigenvalue weighted by Gasteiger charge is 2.30. The largest absolute Gasteiger partial charge is 0.467 e. The van der Waals surface area contributed by atoms with Crippen molar-refractivity contribution in [3.63, 3.8) is 0 Å². The number of hydrogen-bond acceptors (Lipinski definition) is 7. The maximum atomic E-state index is 12.6. The van der Waals surface area contributed by atoms with Gasteiger partial charge in [0.15, 0.2) is 4.90 Å². The normalized spacial score (nSPS) is 13.1. The van der Waals surface area contributed by atoms with Crippen molar-refractivity contribution >= 4 is 39.2 Å². The van der Waals surface area contributed by atoms with E-state index in [1.807, 2.05) is 0 Å². The van der Waals surface area contributed by atoms with Crippen LogP contribution in [0.15, 0.2) is 47.4 Å². The third-order valence-electron chi connectivity index (χ3n) is 4.61. The molecule has 2 aromatic rings. The number of sulfonamides is 1. The van der Waals surface area contributed by atoms with E-state index in [4.69, 9.17) is 16.3 Å². The van der Waals surface area contributed by atoms with Crippen LogP contribution in [0.3, 0.4) is 0 Å². The Labute approximate surface area is 190 Å². The third kappa shape index (κ3) is 6.25. The highest BCUT2D eigenvalue weighted by atomic mass is 35.5. The number of ether oxygens (including phenoxy) is 1. The number of halogens is 1. The quantitative estimate of drug-likeness (QED) is 0.315. The van der Waals surface area contributed by atoms with E-state index in [0.717, 1.165) is 30.4 Å². The molecule has 0 heterocycles. The van der Waals surface area contributed by atoms with Gasteiger partial charge in [-0.05, 0) is 43.2 Å². The lowest BCUT2D eigenvalue weighted by Crippen LogP contribution is -2.51. The van der Waals surface area contributed by atoms with Gasteiger partial charge in [0.25, 0.3) is 5.69 Å². The van der Waals surface area contributed by atoms with Gasteiger partial charge in [0.2, 0.25) is 15.9 Å². The third-order valence-corrected chi connectivity index (χ3v) is 6.43. The zero-order valence-corrected chi connectivity index (χ0v) is 19.1. The van der Waals surface area contributed by atoms with E-state index in [9.17, 15) is 28.1 Å². The number of carbonyl (C=O) groups is 2. The van der Waals surface area contributed by atoms with Crippen LogP contribution in [0.5, 0.6) is 0 Å². The molecule has 2 rings (SSSR count). The number of rotatable bonds is 9. The highest BCUT2D eigenvalue weighted by Crippen LogP contribution is 2.23. The van der Waals surface area contributed by atoms with Crippen LogP contribution in [0.1, 0.15) is 18.1 Å². The van der Waals surface area contributed by atoms with Crippen LogP contribution in [0.2, 0.25) is 5.02 Å². The van der Waals surface area contributed by atoms with Crippen LogP contribution in [0.25, 0.3) is 0 Å². The number of esters is 1. The Hall–Kier alpha value is -3.02. The lowest BCUT2D eigenvalue weighted by molar-refractivity contribution is -0.387. The van der Waals surface area contributed by atoms with Gasteiger partial charge in [0, 0.05) is 17.5 Å². The Balaban J connectivity index is 2.19. The summed E-state index contributed by atoms with van der Waals surface area (Å²) in [5.41, 5.74) is 0.905. The van der Waals surface area contributed by atoms with E-state index in [1.165, 1.54) is 19.1 Å². The van der Waals surface area contributed by atoms with E-state index in [-0.39, 0.29) is 6.42 Å². The molecule has 0 fully saturated rings. The molecular weight excluding hydrogens is 462 g/mol. The summed E-state index contributed by atoms with van der Waals surface area (Å²) in [6.45, 7) is 3.05. The van der Waals surface area contributed by atoms with Crippen LogP contribution < -0.4 is 10.0 Å². The number of carbonyl (C=O) groups excluding carboxylic acids is 2. The van der Waals surface area contributed by atoms with E-state index < -0.39 is 49.5 Å². The van der Waals surface area contributed by atoms with Crippen molar-refractivity contribution in [3.8, 4) is 0 Å². The molecule has 1 amide bonds. The standard InChI is InChI=1S/C20H22ClN3O7S/c1-12-10-15(21)9-8-14(12)11-16(20(26)31-3)22-19(25)13(2)23-32(29,30)18-7-5-4-6-17(18)24(27)28/h4-10,13,16,23H,11H2,1-3H3,(H,22,25)/t13-,16-/m0/s1. The number of nitrogens with zero attached hydrogens (tertiary/aromatic N) is 1. The average Bonchev–Trinajstić information content (AvgIpc) is 2.73. The van der Waals surface area contributed by atoms with Gasteiger partial charge in [-0.3, -0.25) is 14.9 Å². The molecule has 0 radical (unpaired) electrons. The first-order valence-corrected chi connectivity index (χ1v) is 11.2. The second-order valence-corrected chi connectivity index (χ2v) is 9.05. The molecule has 0 aromatic heterocycles. The van der Waals surface area contributed by atoms with Gasteiger partial charge in [-0.25, -0.2) is 13.2 Å².